The predicted octanol–water partition coefficient (Wildman–Crippen LogP) is 9.31. The molecule has 2 heteroatoms. The molecular formula is C39H34SiZr. The van der Waals surface area contributed by atoms with E-state index in [0.29, 0.717) is 0 Å². The summed E-state index contributed by atoms with van der Waals surface area (Å²) in [5.74, 6) is 0. The van der Waals surface area contributed by atoms with Gasteiger partial charge < -0.3 is 6.17 Å². The molecule has 7 aromatic carbocycles. The van der Waals surface area contributed by atoms with Crippen LogP contribution in [0.4, 0.5) is 0 Å². The number of aryl methyl sites for hydroxylation is 1. The van der Waals surface area contributed by atoms with Gasteiger partial charge in [0.25, 0.3) is 0 Å². The van der Waals surface area contributed by atoms with Crippen molar-refractivity contribution in [3.05, 3.63) is 187 Å². The largest absolute Gasteiger partial charge is 4.00 e. The van der Waals surface area contributed by atoms with E-state index in [1.54, 1.807) is 0 Å². The zero-order valence-electron chi connectivity index (χ0n) is 23.5. The van der Waals surface area contributed by atoms with Crippen LogP contribution in [-0.4, -0.2) is 16.0 Å². The van der Waals surface area contributed by atoms with E-state index in [1.165, 1.54) is 59.2 Å². The normalized spacial score (nSPS) is 9.59. The molecule has 0 aliphatic heterocycles. The molecule has 0 bridgehead atoms. The minimum atomic E-state index is 0. The van der Waals surface area contributed by atoms with Crippen LogP contribution in [-0.2, 0) is 26.2 Å². The molecule has 0 atom stereocenters. The summed E-state index contributed by atoms with van der Waals surface area (Å²) in [6, 6.07) is 56.9. The Morgan fingerprint density at radius 2 is 1.12 bits per heavy atom. The Morgan fingerprint density at radius 1 is 0.585 bits per heavy atom. The second-order valence-corrected chi connectivity index (χ2v) is 9.33. The van der Waals surface area contributed by atoms with Crippen LogP contribution >= 0.6 is 0 Å². The van der Waals surface area contributed by atoms with Crippen molar-refractivity contribution in [1.82, 2.24) is 0 Å². The van der Waals surface area contributed by atoms with Crippen molar-refractivity contribution in [2.24, 2.45) is 0 Å². The van der Waals surface area contributed by atoms with Gasteiger partial charge in [-0.15, -0.1) is 111 Å². The third-order valence-electron chi connectivity index (χ3n) is 6.46. The summed E-state index contributed by atoms with van der Waals surface area (Å²) >= 11 is 0. The topological polar surface area (TPSA) is 0 Å². The Balaban J connectivity index is 0.000000165. The third-order valence-corrected chi connectivity index (χ3v) is 6.46. The molecule has 41 heavy (non-hydrogen) atoms. The molecule has 0 aliphatic rings. The van der Waals surface area contributed by atoms with E-state index < -0.39 is 0 Å². The first kappa shape index (κ1) is 31.7. The van der Waals surface area contributed by atoms with Gasteiger partial charge in [-0.2, -0.15) is 18.2 Å². The van der Waals surface area contributed by atoms with Gasteiger partial charge in [0.15, 0.2) is 0 Å². The molecule has 0 saturated carbocycles. The van der Waals surface area contributed by atoms with Crippen molar-refractivity contribution >= 4 is 37.6 Å². The van der Waals surface area contributed by atoms with Crippen molar-refractivity contribution in [3.63, 3.8) is 0 Å². The fraction of sp³-hybridized carbons (Fsp3) is 0.0256. The SMILES string of the molecule is Cc1cc2ccccc2[cH-]1.[CH-]=[SiH2].[Zr+4].c1ccc(-c2cccc3[cH-]ccc23)cc1.c1ccc([CH-]c2ccccc2)cc1. The fourth-order valence-electron chi connectivity index (χ4n) is 4.63. The molecule has 0 N–H and O–H groups in total. The predicted molar refractivity (Wildman–Crippen MR) is 179 cm³/mol. The number of fused-ring (bicyclic) bond motifs is 2. The minimum Gasteiger partial charge on any atom is -0.533 e. The summed E-state index contributed by atoms with van der Waals surface area (Å²) in [6.07, 6.45) is 6.69. The summed E-state index contributed by atoms with van der Waals surface area (Å²) in [5.41, 5.74) is 6.44. The van der Waals surface area contributed by atoms with E-state index in [0.717, 1.165) is 0 Å². The summed E-state index contributed by atoms with van der Waals surface area (Å²) < 4.78 is 0. The van der Waals surface area contributed by atoms with Crippen LogP contribution in [0.1, 0.15) is 16.7 Å². The van der Waals surface area contributed by atoms with Gasteiger partial charge in [-0.05, 0) is 5.56 Å². The van der Waals surface area contributed by atoms with E-state index in [4.69, 9.17) is 0 Å². The number of benzene rings is 5. The van der Waals surface area contributed by atoms with Crippen LogP contribution < -0.4 is 0 Å². The average Bonchev–Trinajstić information content (AvgIpc) is 3.66. The number of hydrogen-bond donors (Lipinski definition) is 0. The first-order chi connectivity index (χ1) is 19.8. The van der Waals surface area contributed by atoms with Crippen molar-refractivity contribution in [2.45, 2.75) is 6.92 Å². The Bertz CT molecular complexity index is 1630. The third kappa shape index (κ3) is 9.35. The smallest absolute Gasteiger partial charge is 0.533 e. The summed E-state index contributed by atoms with van der Waals surface area (Å²) in [7, 11) is 1.36. The van der Waals surface area contributed by atoms with Gasteiger partial charge in [0.2, 0.25) is 0 Å². The molecule has 198 valence electrons. The van der Waals surface area contributed by atoms with Crippen LogP contribution in [0.2, 0.25) is 0 Å². The molecule has 0 heterocycles. The van der Waals surface area contributed by atoms with Gasteiger partial charge in [-0.3, -0.25) is 0 Å². The Morgan fingerprint density at radius 3 is 1.73 bits per heavy atom. The van der Waals surface area contributed by atoms with Crippen molar-refractivity contribution in [2.75, 3.05) is 0 Å². The zero-order valence-corrected chi connectivity index (χ0v) is 27.3. The first-order valence-corrected chi connectivity index (χ1v) is 14.3. The number of rotatable bonds is 3. The molecule has 0 fully saturated rings. The van der Waals surface area contributed by atoms with Crippen LogP contribution in [0.3, 0.4) is 0 Å². The maximum absolute atomic E-state index is 4.53. The quantitative estimate of drug-likeness (QED) is 0.136. The molecular weight excluding hydrogens is 588 g/mol. The Kier molecular flexibility index (Phi) is 13.2. The molecule has 0 aromatic heterocycles. The molecule has 0 aliphatic carbocycles. The van der Waals surface area contributed by atoms with E-state index in [2.05, 4.69) is 171 Å². The fourth-order valence-corrected chi connectivity index (χ4v) is 4.63. The Labute approximate surface area is 267 Å². The zero-order chi connectivity index (χ0) is 28.0. The standard InChI is InChI=1S/C15H11.C13H11.C10H9.CH3Si.Zr/c1-2-6-12(7-3-1)14-10-4-8-13-9-5-11-15(13)14;1-3-7-12(8-4-1)11-13-9-5-2-6-10-13;1-8-6-9-4-2-3-5-10(9)7-8;1-2;/h1-11H;1-11H;2-7H,1H3;1H,2H2;/q4*-1;+4. The summed E-state index contributed by atoms with van der Waals surface area (Å²) in [4.78, 5) is 0. The maximum Gasteiger partial charge on any atom is 4.00 e. The van der Waals surface area contributed by atoms with Gasteiger partial charge in [0, 0.05) is 0 Å². The molecule has 0 unspecified atom stereocenters. The minimum absolute atomic E-state index is 0. The van der Waals surface area contributed by atoms with Gasteiger partial charge in [0.05, 0.1) is 0 Å². The molecule has 0 radical (unpaired) electrons. The van der Waals surface area contributed by atoms with Crippen LogP contribution in [0.15, 0.2) is 164 Å². The monoisotopic (exact) mass is 620 g/mol. The van der Waals surface area contributed by atoms with E-state index >= 15 is 0 Å². The van der Waals surface area contributed by atoms with Gasteiger partial charge in [-0.1, -0.05) is 91.3 Å². The van der Waals surface area contributed by atoms with E-state index in [9.17, 15) is 0 Å². The summed E-state index contributed by atoms with van der Waals surface area (Å²) in [6.45, 7) is 2.12. The van der Waals surface area contributed by atoms with E-state index in [1.807, 2.05) is 12.1 Å². The van der Waals surface area contributed by atoms with Gasteiger partial charge >= 0.3 is 26.2 Å². The number of hydrogen-bond acceptors (Lipinski definition) is 0. The molecule has 0 spiro atoms. The second-order valence-electron chi connectivity index (χ2n) is 9.33. The molecule has 0 saturated heterocycles. The summed E-state index contributed by atoms with van der Waals surface area (Å²) in [5, 5.41) is 5.35. The molecule has 0 nitrogen and oxygen atoms in total. The average molecular weight is 622 g/mol. The van der Waals surface area contributed by atoms with Crippen molar-refractivity contribution in [3.8, 4) is 11.1 Å². The molecule has 0 amide bonds. The van der Waals surface area contributed by atoms with Crippen molar-refractivity contribution < 1.29 is 26.2 Å². The van der Waals surface area contributed by atoms with E-state index in [-0.39, 0.29) is 26.2 Å². The van der Waals surface area contributed by atoms with Crippen LogP contribution in [0.25, 0.3) is 32.7 Å². The van der Waals surface area contributed by atoms with Gasteiger partial charge in [-0.25, -0.2) is 9.85 Å². The molecule has 7 aromatic rings. The molecule has 7 rings (SSSR count). The first-order valence-electron chi connectivity index (χ1n) is 13.4. The van der Waals surface area contributed by atoms with Gasteiger partial charge in [0.1, 0.15) is 0 Å². The Hall–Kier alpha value is -3.84. The van der Waals surface area contributed by atoms with Crippen LogP contribution in [0.5, 0.6) is 0 Å². The second kappa shape index (κ2) is 17.1. The van der Waals surface area contributed by atoms with Crippen molar-refractivity contribution in [1.29, 1.82) is 0 Å². The maximum atomic E-state index is 4.53. The van der Waals surface area contributed by atoms with Crippen LogP contribution in [0, 0.1) is 13.3 Å².